The third-order valence-corrected chi connectivity index (χ3v) is 4.87. The molecule has 2 aliphatic carbocycles. The molecule has 2 saturated carbocycles. The molecule has 4 heteroatoms. The van der Waals surface area contributed by atoms with Gasteiger partial charge < -0.3 is 10.2 Å². The highest BCUT2D eigenvalue weighted by atomic mass is 16.2. The first-order valence-electron chi connectivity index (χ1n) is 7.97. The number of carbonyl (C=O) groups excluding carboxylic acids is 2. The predicted molar refractivity (Wildman–Crippen MR) is 80.3 cm³/mol. The normalized spacial score (nSPS) is 20.9. The summed E-state index contributed by atoms with van der Waals surface area (Å²) in [7, 11) is 0. The molecule has 0 saturated heterocycles. The van der Waals surface area contributed by atoms with Gasteiger partial charge in [-0.05, 0) is 55.9 Å². The molecular formula is C17H20N2O2. The molecule has 4 rings (SSSR count). The van der Waals surface area contributed by atoms with E-state index < -0.39 is 0 Å². The highest BCUT2D eigenvalue weighted by Gasteiger charge is 2.33. The molecule has 3 aliphatic rings. The Hall–Kier alpha value is -1.84. The first kappa shape index (κ1) is 12.9. The van der Waals surface area contributed by atoms with Crippen LogP contribution in [0.25, 0.3) is 0 Å². The van der Waals surface area contributed by atoms with E-state index in [1.807, 2.05) is 23.1 Å². The minimum Gasteiger partial charge on any atom is -0.349 e. The molecule has 21 heavy (non-hydrogen) atoms. The molecule has 1 N–H and O–H groups in total. The van der Waals surface area contributed by atoms with Crippen LogP contribution >= 0.6 is 0 Å². The van der Waals surface area contributed by atoms with E-state index in [9.17, 15) is 9.59 Å². The second-order valence-corrected chi connectivity index (χ2v) is 6.46. The number of carbonyl (C=O) groups is 2. The van der Waals surface area contributed by atoms with Gasteiger partial charge >= 0.3 is 0 Å². The van der Waals surface area contributed by atoms with Crippen molar-refractivity contribution in [3.8, 4) is 0 Å². The Balaban J connectivity index is 1.53. The molecule has 1 aliphatic heterocycles. The lowest BCUT2D eigenvalue weighted by molar-refractivity contribution is -0.124. The number of hydrogen-bond acceptors (Lipinski definition) is 2. The van der Waals surface area contributed by atoms with Gasteiger partial charge in [0.25, 0.3) is 5.91 Å². The molecule has 4 nitrogen and oxygen atoms in total. The second kappa shape index (κ2) is 4.86. The number of fused-ring (bicyclic) bond motifs is 1. The van der Waals surface area contributed by atoms with Crippen LogP contribution < -0.4 is 10.2 Å². The van der Waals surface area contributed by atoms with Crippen LogP contribution in [-0.4, -0.2) is 24.4 Å². The summed E-state index contributed by atoms with van der Waals surface area (Å²) in [5.41, 5.74) is 2.86. The second-order valence-electron chi connectivity index (χ2n) is 6.46. The Bertz CT molecular complexity index is 603. The Morgan fingerprint density at radius 1 is 1.14 bits per heavy atom. The monoisotopic (exact) mass is 284 g/mol. The van der Waals surface area contributed by atoms with Crippen molar-refractivity contribution in [2.24, 2.45) is 5.92 Å². The maximum atomic E-state index is 12.4. The maximum Gasteiger partial charge on any atom is 0.251 e. The average molecular weight is 284 g/mol. The first-order valence-corrected chi connectivity index (χ1v) is 7.97. The van der Waals surface area contributed by atoms with Gasteiger partial charge in [-0.25, -0.2) is 0 Å². The fraction of sp³-hybridized carbons (Fsp3) is 0.529. The van der Waals surface area contributed by atoms with Crippen molar-refractivity contribution < 1.29 is 9.59 Å². The topological polar surface area (TPSA) is 49.4 Å². The molecule has 110 valence electrons. The highest BCUT2D eigenvalue weighted by Crippen LogP contribution is 2.35. The number of benzene rings is 1. The van der Waals surface area contributed by atoms with E-state index >= 15 is 0 Å². The van der Waals surface area contributed by atoms with Gasteiger partial charge in [-0.15, -0.1) is 0 Å². The van der Waals surface area contributed by atoms with Crippen LogP contribution in [0.4, 0.5) is 5.69 Å². The van der Waals surface area contributed by atoms with Crippen LogP contribution in [0.3, 0.4) is 0 Å². The Labute approximate surface area is 124 Å². The highest BCUT2D eigenvalue weighted by molar-refractivity contribution is 5.99. The summed E-state index contributed by atoms with van der Waals surface area (Å²) >= 11 is 0. The van der Waals surface area contributed by atoms with Gasteiger partial charge in [0.05, 0.1) is 0 Å². The van der Waals surface area contributed by atoms with E-state index in [-0.39, 0.29) is 17.7 Å². The van der Waals surface area contributed by atoms with Gasteiger partial charge in [-0.2, -0.15) is 0 Å². The van der Waals surface area contributed by atoms with Crippen molar-refractivity contribution in [3.63, 3.8) is 0 Å². The molecule has 0 aromatic heterocycles. The molecule has 1 heterocycles. The molecule has 2 amide bonds. The minimum absolute atomic E-state index is 0.0177. The van der Waals surface area contributed by atoms with E-state index in [1.54, 1.807) is 0 Å². The summed E-state index contributed by atoms with van der Waals surface area (Å²) in [6.45, 7) is 0.762. The fourth-order valence-corrected chi connectivity index (χ4v) is 3.14. The summed E-state index contributed by atoms with van der Waals surface area (Å²) in [5.74, 6) is 0.521. The maximum absolute atomic E-state index is 12.4. The molecule has 1 aromatic rings. The first-order chi connectivity index (χ1) is 10.2. The number of hydrogen-bond donors (Lipinski definition) is 1. The summed E-state index contributed by atoms with van der Waals surface area (Å²) < 4.78 is 0. The van der Waals surface area contributed by atoms with Crippen molar-refractivity contribution in [2.45, 2.75) is 44.6 Å². The van der Waals surface area contributed by atoms with E-state index in [2.05, 4.69) is 5.32 Å². The molecular weight excluding hydrogens is 264 g/mol. The lowest BCUT2D eigenvalue weighted by Crippen LogP contribution is -2.37. The Morgan fingerprint density at radius 2 is 1.95 bits per heavy atom. The van der Waals surface area contributed by atoms with Crippen molar-refractivity contribution in [1.29, 1.82) is 0 Å². The van der Waals surface area contributed by atoms with E-state index in [1.165, 1.54) is 6.42 Å². The fourth-order valence-electron chi connectivity index (χ4n) is 3.14. The van der Waals surface area contributed by atoms with Crippen LogP contribution in [0.1, 0.15) is 48.0 Å². The average Bonchev–Trinajstić information content (AvgIpc) is 3.13. The number of nitrogens with one attached hydrogen (secondary N) is 1. The minimum atomic E-state index is 0.0177. The molecule has 0 spiro atoms. The van der Waals surface area contributed by atoms with Gasteiger partial charge in [0.1, 0.15) is 0 Å². The molecule has 2 fully saturated rings. The number of nitrogens with zero attached hydrogens (tertiary/aromatic N) is 1. The van der Waals surface area contributed by atoms with E-state index in [0.29, 0.717) is 6.04 Å². The molecule has 0 bridgehead atoms. The molecule has 0 radical (unpaired) electrons. The lowest BCUT2D eigenvalue weighted by atomic mass is 9.84. The molecule has 0 atom stereocenters. The summed E-state index contributed by atoms with van der Waals surface area (Å²) in [6, 6.07) is 6.13. The Kier molecular flexibility index (Phi) is 2.98. The Morgan fingerprint density at radius 3 is 2.62 bits per heavy atom. The van der Waals surface area contributed by atoms with Crippen molar-refractivity contribution >= 4 is 17.5 Å². The predicted octanol–water partition coefficient (Wildman–Crippen LogP) is 2.27. The molecule has 0 unspecified atom stereocenters. The zero-order valence-electron chi connectivity index (χ0n) is 12.1. The number of amides is 2. The number of rotatable bonds is 3. The van der Waals surface area contributed by atoms with Crippen LogP contribution in [0.2, 0.25) is 0 Å². The van der Waals surface area contributed by atoms with Crippen molar-refractivity contribution in [2.75, 3.05) is 11.4 Å². The van der Waals surface area contributed by atoms with Gasteiger partial charge in [0.15, 0.2) is 0 Å². The molecule has 1 aromatic carbocycles. The van der Waals surface area contributed by atoms with Crippen LogP contribution in [0.15, 0.2) is 18.2 Å². The van der Waals surface area contributed by atoms with Crippen molar-refractivity contribution in [3.05, 3.63) is 29.3 Å². The van der Waals surface area contributed by atoms with Gasteiger partial charge in [0, 0.05) is 29.8 Å². The largest absolute Gasteiger partial charge is 0.349 e. The summed E-state index contributed by atoms with van der Waals surface area (Å²) in [4.78, 5) is 26.4. The van der Waals surface area contributed by atoms with E-state index in [0.717, 1.165) is 55.5 Å². The summed E-state index contributed by atoms with van der Waals surface area (Å²) in [6.07, 6.45) is 6.30. The third kappa shape index (κ3) is 2.33. The van der Waals surface area contributed by atoms with Gasteiger partial charge in [0.2, 0.25) is 5.91 Å². The zero-order chi connectivity index (χ0) is 14.4. The van der Waals surface area contributed by atoms with Crippen molar-refractivity contribution in [1.82, 2.24) is 5.32 Å². The van der Waals surface area contributed by atoms with Crippen LogP contribution in [-0.2, 0) is 11.2 Å². The number of anilines is 1. The third-order valence-electron chi connectivity index (χ3n) is 4.87. The zero-order valence-corrected chi connectivity index (χ0v) is 12.1. The van der Waals surface area contributed by atoms with E-state index in [4.69, 9.17) is 0 Å². The standard InChI is InChI=1S/C17H20N2O2/c20-16(18-14-5-6-14)13-4-7-15-12(10-13)8-9-19(15)17(21)11-2-1-3-11/h4,7,10-11,14H,1-3,5-6,8-9H2,(H,18,20). The van der Waals surface area contributed by atoms with Crippen LogP contribution in [0, 0.1) is 5.92 Å². The quantitative estimate of drug-likeness (QED) is 0.925. The SMILES string of the molecule is O=C(NC1CC1)c1ccc2c(c1)CCN2C(=O)C1CCC1. The van der Waals surface area contributed by atoms with Crippen LogP contribution in [0.5, 0.6) is 0 Å². The smallest absolute Gasteiger partial charge is 0.251 e. The summed E-state index contributed by atoms with van der Waals surface area (Å²) in [5, 5.41) is 3.01. The van der Waals surface area contributed by atoms with Gasteiger partial charge in [-0.3, -0.25) is 9.59 Å². The van der Waals surface area contributed by atoms with Gasteiger partial charge in [-0.1, -0.05) is 6.42 Å². The lowest BCUT2D eigenvalue weighted by Gasteiger charge is -2.29.